The van der Waals surface area contributed by atoms with Gasteiger partial charge in [-0.3, -0.25) is 0 Å². The zero-order valence-corrected chi connectivity index (χ0v) is 13.1. The maximum absolute atomic E-state index is 13.5. The summed E-state index contributed by atoms with van der Waals surface area (Å²) in [5.41, 5.74) is 7.15. The van der Waals surface area contributed by atoms with Crippen LogP contribution in [0.2, 0.25) is 5.02 Å². The van der Waals surface area contributed by atoms with E-state index in [1.165, 1.54) is 12.1 Å². The summed E-state index contributed by atoms with van der Waals surface area (Å²) in [6, 6.07) is 9.61. The Bertz CT molecular complexity index is 694. The number of hydrogen-bond acceptors (Lipinski definition) is 3. The normalized spacial score (nSPS) is 11.5. The smallest absolute Gasteiger partial charge is 0.170 e. The van der Waals surface area contributed by atoms with Gasteiger partial charge in [-0.1, -0.05) is 32.7 Å². The van der Waals surface area contributed by atoms with E-state index in [0.29, 0.717) is 22.7 Å². The van der Waals surface area contributed by atoms with Crippen LogP contribution < -0.4 is 11.1 Å². The number of rotatable bonds is 4. The number of amidine groups is 1. The van der Waals surface area contributed by atoms with Crippen LogP contribution in [-0.2, 0) is 6.54 Å². The zero-order chi connectivity index (χ0) is 15.4. The van der Waals surface area contributed by atoms with Crippen molar-refractivity contribution < 1.29 is 9.60 Å². The van der Waals surface area contributed by atoms with E-state index in [-0.39, 0.29) is 5.84 Å². The Morgan fingerprint density at radius 3 is 2.81 bits per heavy atom. The van der Waals surface area contributed by atoms with Gasteiger partial charge in [0.25, 0.3) is 0 Å². The summed E-state index contributed by atoms with van der Waals surface area (Å²) in [7, 11) is 0. The highest BCUT2D eigenvalue weighted by Gasteiger charge is 2.06. The number of halogens is 3. The van der Waals surface area contributed by atoms with Crippen molar-refractivity contribution in [3.63, 3.8) is 0 Å². The minimum absolute atomic E-state index is 0.142. The van der Waals surface area contributed by atoms with Crippen LogP contribution in [0.25, 0.3) is 0 Å². The van der Waals surface area contributed by atoms with E-state index in [9.17, 15) is 4.39 Å². The highest BCUT2D eigenvalue weighted by Crippen LogP contribution is 2.26. The monoisotopic (exact) mass is 371 g/mol. The second-order valence-electron chi connectivity index (χ2n) is 4.31. The van der Waals surface area contributed by atoms with Crippen LogP contribution in [0.5, 0.6) is 0 Å². The molecular weight excluding hydrogens is 361 g/mol. The minimum atomic E-state index is -0.462. The molecule has 2 aromatic carbocycles. The first kappa shape index (κ1) is 15.6. The van der Waals surface area contributed by atoms with Crippen LogP contribution in [0.15, 0.2) is 46.0 Å². The molecule has 0 saturated carbocycles. The SMILES string of the molecule is N/C(=N/O)c1cc(F)cc(CNc2cc(Br)ccc2Cl)c1. The molecule has 4 nitrogen and oxygen atoms in total. The predicted molar refractivity (Wildman–Crippen MR) is 85.4 cm³/mol. The van der Waals surface area contributed by atoms with Crippen LogP contribution in [-0.4, -0.2) is 11.0 Å². The van der Waals surface area contributed by atoms with E-state index in [4.69, 9.17) is 22.5 Å². The molecule has 21 heavy (non-hydrogen) atoms. The first-order chi connectivity index (χ1) is 9.99. The maximum Gasteiger partial charge on any atom is 0.170 e. The van der Waals surface area contributed by atoms with Crippen LogP contribution in [0, 0.1) is 5.82 Å². The third kappa shape index (κ3) is 4.09. The lowest BCUT2D eigenvalue weighted by molar-refractivity contribution is 0.318. The third-order valence-corrected chi connectivity index (χ3v) is 3.60. The first-order valence-electron chi connectivity index (χ1n) is 5.96. The van der Waals surface area contributed by atoms with Crippen LogP contribution >= 0.6 is 27.5 Å². The average molecular weight is 373 g/mol. The molecule has 0 heterocycles. The van der Waals surface area contributed by atoms with E-state index < -0.39 is 5.82 Å². The fraction of sp³-hybridized carbons (Fsp3) is 0.0714. The Kier molecular flexibility index (Phi) is 5.03. The molecule has 2 rings (SSSR count). The minimum Gasteiger partial charge on any atom is -0.409 e. The Morgan fingerprint density at radius 1 is 1.33 bits per heavy atom. The van der Waals surface area contributed by atoms with Crippen molar-refractivity contribution in [1.82, 2.24) is 0 Å². The molecule has 0 aromatic heterocycles. The van der Waals surface area contributed by atoms with Gasteiger partial charge in [0, 0.05) is 16.6 Å². The molecule has 110 valence electrons. The molecule has 0 aliphatic carbocycles. The fourth-order valence-corrected chi connectivity index (χ4v) is 2.33. The summed E-state index contributed by atoms with van der Waals surface area (Å²) in [4.78, 5) is 0. The van der Waals surface area contributed by atoms with Gasteiger partial charge >= 0.3 is 0 Å². The lowest BCUT2D eigenvalue weighted by atomic mass is 10.1. The molecule has 4 N–H and O–H groups in total. The molecule has 0 bridgehead atoms. The standard InChI is InChI=1S/C14H12BrClFN3O/c15-10-1-2-12(16)13(6-10)19-7-8-3-9(14(18)20-21)5-11(17)4-8/h1-6,19,21H,7H2,(H2,18,20). The quantitative estimate of drug-likeness (QED) is 0.329. The Labute approximate surface area is 134 Å². The van der Waals surface area contributed by atoms with Crippen molar-refractivity contribution in [3.05, 3.63) is 62.8 Å². The summed E-state index contributed by atoms with van der Waals surface area (Å²) in [5, 5.41) is 15.2. The van der Waals surface area contributed by atoms with Crippen LogP contribution in [0.1, 0.15) is 11.1 Å². The Balaban J connectivity index is 2.20. The second-order valence-corrected chi connectivity index (χ2v) is 5.63. The first-order valence-corrected chi connectivity index (χ1v) is 7.13. The van der Waals surface area contributed by atoms with Gasteiger partial charge in [0.1, 0.15) is 5.82 Å². The number of nitrogens with two attached hydrogens (primary N) is 1. The summed E-state index contributed by atoms with van der Waals surface area (Å²) in [6.45, 7) is 0.347. The van der Waals surface area contributed by atoms with E-state index in [1.54, 1.807) is 12.1 Å². The van der Waals surface area contributed by atoms with E-state index in [0.717, 1.165) is 10.2 Å². The fourth-order valence-electron chi connectivity index (χ4n) is 1.79. The Morgan fingerprint density at radius 2 is 2.10 bits per heavy atom. The number of nitrogens with zero attached hydrogens (tertiary/aromatic N) is 1. The largest absolute Gasteiger partial charge is 0.409 e. The average Bonchev–Trinajstić information content (AvgIpc) is 2.46. The van der Waals surface area contributed by atoms with Crippen molar-refractivity contribution in [2.24, 2.45) is 10.9 Å². The zero-order valence-electron chi connectivity index (χ0n) is 10.8. The number of nitrogens with one attached hydrogen (secondary N) is 1. The molecule has 7 heteroatoms. The summed E-state index contributed by atoms with van der Waals surface area (Å²) in [6.07, 6.45) is 0. The van der Waals surface area contributed by atoms with E-state index in [2.05, 4.69) is 26.4 Å². The van der Waals surface area contributed by atoms with Crippen LogP contribution in [0.3, 0.4) is 0 Å². The van der Waals surface area contributed by atoms with Crippen molar-refractivity contribution in [3.8, 4) is 0 Å². The number of benzene rings is 2. The van der Waals surface area contributed by atoms with Crippen LogP contribution in [0.4, 0.5) is 10.1 Å². The van der Waals surface area contributed by atoms with Crippen molar-refractivity contribution >= 4 is 39.1 Å². The molecule has 0 radical (unpaired) electrons. The maximum atomic E-state index is 13.5. The molecule has 0 aliphatic heterocycles. The topological polar surface area (TPSA) is 70.6 Å². The molecule has 2 aromatic rings. The van der Waals surface area contributed by atoms with Gasteiger partial charge in [0.2, 0.25) is 0 Å². The van der Waals surface area contributed by atoms with Gasteiger partial charge in [-0.05, 0) is 42.0 Å². The van der Waals surface area contributed by atoms with Gasteiger partial charge in [-0.15, -0.1) is 0 Å². The number of anilines is 1. The highest BCUT2D eigenvalue weighted by molar-refractivity contribution is 9.10. The predicted octanol–water partition coefficient (Wildman–Crippen LogP) is 3.95. The van der Waals surface area contributed by atoms with Gasteiger partial charge in [0.15, 0.2) is 5.84 Å². The summed E-state index contributed by atoms with van der Waals surface area (Å²) >= 11 is 9.42. The van der Waals surface area contributed by atoms with Gasteiger partial charge < -0.3 is 16.3 Å². The van der Waals surface area contributed by atoms with Gasteiger partial charge in [-0.2, -0.15) is 0 Å². The van der Waals surface area contributed by atoms with E-state index >= 15 is 0 Å². The molecular formula is C14H12BrClFN3O. The summed E-state index contributed by atoms with van der Waals surface area (Å²) in [5.74, 6) is -0.604. The molecule has 0 unspecified atom stereocenters. The van der Waals surface area contributed by atoms with E-state index in [1.807, 2.05) is 12.1 Å². The molecule has 0 aliphatic rings. The van der Waals surface area contributed by atoms with Crippen molar-refractivity contribution in [2.45, 2.75) is 6.54 Å². The molecule has 0 spiro atoms. The second kappa shape index (κ2) is 6.78. The number of oxime groups is 1. The Hall–Kier alpha value is -1.79. The third-order valence-electron chi connectivity index (χ3n) is 2.77. The molecule has 0 fully saturated rings. The lowest BCUT2D eigenvalue weighted by Crippen LogP contribution is -2.14. The molecule has 0 saturated heterocycles. The lowest BCUT2D eigenvalue weighted by Gasteiger charge is -2.10. The molecule has 0 atom stereocenters. The van der Waals surface area contributed by atoms with Gasteiger partial charge in [-0.25, -0.2) is 4.39 Å². The highest BCUT2D eigenvalue weighted by atomic mass is 79.9. The van der Waals surface area contributed by atoms with Crippen molar-refractivity contribution in [2.75, 3.05) is 5.32 Å². The molecule has 0 amide bonds. The van der Waals surface area contributed by atoms with Crippen molar-refractivity contribution in [1.29, 1.82) is 0 Å². The summed E-state index contributed by atoms with van der Waals surface area (Å²) < 4.78 is 14.4. The van der Waals surface area contributed by atoms with Gasteiger partial charge in [0.05, 0.1) is 10.7 Å². The number of hydrogen-bond donors (Lipinski definition) is 3.